The second-order valence-corrected chi connectivity index (χ2v) is 10.1. The summed E-state index contributed by atoms with van der Waals surface area (Å²) in [5.74, 6) is -7.91. The summed E-state index contributed by atoms with van der Waals surface area (Å²) < 4.78 is 68.8. The molecule has 13 heteroatoms. The Labute approximate surface area is 192 Å². The van der Waals surface area contributed by atoms with Crippen LogP contribution in [0.15, 0.2) is 10.5 Å². The zero-order valence-corrected chi connectivity index (χ0v) is 21.3. The van der Waals surface area contributed by atoms with Crippen molar-refractivity contribution in [2.45, 2.75) is 15.3 Å². The molecule has 0 N–H and O–H groups in total. The van der Waals surface area contributed by atoms with Gasteiger partial charge in [-0.05, 0) is 122 Å². The number of rotatable bonds is 4. The SMILES string of the molecule is O=C(Oc1c(I)cc(I)c(Br)c1I)C(F)(F)C(F)(Br)C(F)(F)Br. The topological polar surface area (TPSA) is 26.3 Å². The lowest BCUT2D eigenvalue weighted by molar-refractivity contribution is -0.192. The Bertz CT molecular complexity index is 652. The van der Waals surface area contributed by atoms with E-state index < -0.39 is 21.3 Å². The van der Waals surface area contributed by atoms with E-state index in [0.29, 0.717) is 8.04 Å². The van der Waals surface area contributed by atoms with E-state index in [4.69, 9.17) is 0 Å². The van der Waals surface area contributed by atoms with E-state index in [1.54, 1.807) is 61.1 Å². The average Bonchev–Trinajstić information content (AvgIpc) is 2.39. The fourth-order valence-electron chi connectivity index (χ4n) is 1.11. The van der Waals surface area contributed by atoms with Gasteiger partial charge in [-0.25, -0.2) is 9.18 Å². The smallest absolute Gasteiger partial charge is 0.393 e. The predicted molar refractivity (Wildman–Crippen MR) is 110 cm³/mol. The summed E-state index contributed by atoms with van der Waals surface area (Å²) in [7, 11) is 0. The number of hydrogen-bond acceptors (Lipinski definition) is 2. The third kappa shape index (κ3) is 4.63. The zero-order valence-electron chi connectivity index (χ0n) is 10.1. The minimum Gasteiger partial charge on any atom is -0.420 e. The number of alkyl halides is 7. The highest BCUT2D eigenvalue weighted by Gasteiger charge is 2.72. The number of esters is 1. The molecule has 0 fully saturated rings. The Morgan fingerprint density at radius 3 is 1.96 bits per heavy atom. The molecule has 0 amide bonds. The van der Waals surface area contributed by atoms with Gasteiger partial charge in [-0.1, -0.05) is 0 Å². The normalized spacial score (nSPS) is 15.3. The number of carbonyl (C=O) groups excluding carboxylic acids is 1. The lowest BCUT2D eigenvalue weighted by Gasteiger charge is -2.29. The van der Waals surface area contributed by atoms with Crippen LogP contribution in [0, 0.1) is 10.7 Å². The standard InChI is InChI=1S/C10HBr3F5I3O2/c11-4-2(19)1-3(20)6(5(4)21)23-7(22)8(14,15)9(12,16)10(13,17)18/h1H. The summed E-state index contributed by atoms with van der Waals surface area (Å²) in [6.45, 7) is 0. The van der Waals surface area contributed by atoms with Crippen molar-refractivity contribution in [3.8, 4) is 5.75 Å². The van der Waals surface area contributed by atoms with Crippen LogP contribution < -0.4 is 4.74 Å². The molecule has 0 saturated heterocycles. The van der Waals surface area contributed by atoms with Crippen LogP contribution in [0.4, 0.5) is 22.0 Å². The van der Waals surface area contributed by atoms with Crippen molar-refractivity contribution in [3.05, 3.63) is 21.2 Å². The van der Waals surface area contributed by atoms with Crippen LogP contribution in [-0.4, -0.2) is 21.3 Å². The van der Waals surface area contributed by atoms with Crippen molar-refractivity contribution in [1.82, 2.24) is 0 Å². The monoisotopic (exact) mass is 865 g/mol. The highest BCUT2D eigenvalue weighted by molar-refractivity contribution is 14.1. The summed E-state index contributed by atoms with van der Waals surface area (Å²) in [4.78, 5) is 6.90. The molecule has 1 aromatic rings. The molecular formula is C10HBr3F5I3O2. The van der Waals surface area contributed by atoms with E-state index in [1.165, 1.54) is 22.0 Å². The van der Waals surface area contributed by atoms with Crippen molar-refractivity contribution in [2.24, 2.45) is 0 Å². The van der Waals surface area contributed by atoms with Gasteiger partial charge in [0, 0.05) is 8.04 Å². The summed E-state index contributed by atoms with van der Waals surface area (Å²) in [5.41, 5.74) is 0. The predicted octanol–water partition coefficient (Wildman–Crippen LogP) is 6.85. The Kier molecular flexibility index (Phi) is 7.92. The first kappa shape index (κ1) is 23.0. The van der Waals surface area contributed by atoms with E-state index in [0.717, 1.165) is 0 Å². The average molecular weight is 869 g/mol. The van der Waals surface area contributed by atoms with Crippen LogP contribution in [0.3, 0.4) is 0 Å². The lowest BCUT2D eigenvalue weighted by atomic mass is 10.2. The van der Waals surface area contributed by atoms with Crippen molar-refractivity contribution in [2.75, 3.05) is 0 Å². The lowest BCUT2D eigenvalue weighted by Crippen LogP contribution is -2.55. The molecule has 0 aliphatic heterocycles. The van der Waals surface area contributed by atoms with Gasteiger partial charge in [0.1, 0.15) is 0 Å². The van der Waals surface area contributed by atoms with E-state index in [2.05, 4.69) is 20.7 Å². The molecular weight excluding hydrogens is 868 g/mol. The Morgan fingerprint density at radius 2 is 1.52 bits per heavy atom. The van der Waals surface area contributed by atoms with E-state index in [-0.39, 0.29) is 12.9 Å². The third-order valence-electron chi connectivity index (χ3n) is 2.27. The molecule has 0 spiro atoms. The van der Waals surface area contributed by atoms with Crippen LogP contribution in [0.2, 0.25) is 0 Å². The van der Waals surface area contributed by atoms with Crippen LogP contribution in [0.25, 0.3) is 0 Å². The Balaban J connectivity index is 3.26. The fraction of sp³-hybridized carbons (Fsp3) is 0.300. The molecule has 0 saturated carbocycles. The van der Waals surface area contributed by atoms with Gasteiger partial charge in [0.05, 0.1) is 7.14 Å². The van der Waals surface area contributed by atoms with Gasteiger partial charge in [0.2, 0.25) is 0 Å². The van der Waals surface area contributed by atoms with E-state index >= 15 is 0 Å². The highest BCUT2D eigenvalue weighted by Crippen LogP contribution is 2.52. The summed E-state index contributed by atoms with van der Waals surface area (Å²) >= 11 is 11.6. The number of halogens is 11. The first-order valence-corrected chi connectivity index (χ1v) is 10.6. The Hall–Kier alpha value is 1.97. The largest absolute Gasteiger partial charge is 0.420 e. The summed E-state index contributed by atoms with van der Waals surface area (Å²) in [6.07, 6.45) is 0. The van der Waals surface area contributed by atoms with E-state index in [1.807, 2.05) is 22.6 Å². The molecule has 0 aliphatic carbocycles. The van der Waals surface area contributed by atoms with Gasteiger partial charge >= 0.3 is 21.3 Å². The van der Waals surface area contributed by atoms with Gasteiger partial charge in [-0.15, -0.1) is 0 Å². The fourth-order valence-corrected chi connectivity index (χ4v) is 5.40. The Morgan fingerprint density at radius 1 is 1.04 bits per heavy atom. The molecule has 1 aromatic carbocycles. The molecule has 2 nitrogen and oxygen atoms in total. The van der Waals surface area contributed by atoms with Crippen LogP contribution in [0.1, 0.15) is 0 Å². The summed E-state index contributed by atoms with van der Waals surface area (Å²) in [5, 5.41) is 0. The second kappa shape index (κ2) is 7.92. The van der Waals surface area contributed by atoms with Crippen molar-refractivity contribution in [3.63, 3.8) is 0 Å². The van der Waals surface area contributed by atoms with Gasteiger partial charge < -0.3 is 4.74 Å². The van der Waals surface area contributed by atoms with Crippen molar-refractivity contribution >= 4 is 122 Å². The third-order valence-corrected chi connectivity index (χ3v) is 9.34. The van der Waals surface area contributed by atoms with Gasteiger partial charge in [0.15, 0.2) is 5.75 Å². The van der Waals surface area contributed by atoms with E-state index in [9.17, 15) is 26.7 Å². The minimum absolute atomic E-state index is 0.257. The van der Waals surface area contributed by atoms with Crippen LogP contribution >= 0.6 is 116 Å². The summed E-state index contributed by atoms with van der Waals surface area (Å²) in [6, 6.07) is 1.50. The molecule has 1 atom stereocenters. The van der Waals surface area contributed by atoms with Crippen LogP contribution in [-0.2, 0) is 4.79 Å². The van der Waals surface area contributed by atoms with Gasteiger partial charge in [0.25, 0.3) is 0 Å². The van der Waals surface area contributed by atoms with Gasteiger partial charge in [-0.3, -0.25) is 0 Å². The number of ether oxygens (including phenoxy) is 1. The quantitative estimate of drug-likeness (QED) is 0.0631. The molecule has 0 aromatic heterocycles. The first-order chi connectivity index (χ1) is 10.1. The maximum Gasteiger partial charge on any atom is 0.393 e. The second-order valence-electron chi connectivity index (χ2n) is 3.83. The zero-order chi connectivity index (χ0) is 18.4. The van der Waals surface area contributed by atoms with Crippen molar-refractivity contribution < 1.29 is 31.5 Å². The highest BCUT2D eigenvalue weighted by atomic mass is 127. The maximum atomic E-state index is 13.8. The van der Waals surface area contributed by atoms with Crippen LogP contribution in [0.5, 0.6) is 5.75 Å². The molecule has 0 bridgehead atoms. The molecule has 1 rings (SSSR count). The number of hydrogen-bond donors (Lipinski definition) is 0. The van der Waals surface area contributed by atoms with Gasteiger partial charge in [-0.2, -0.15) is 17.6 Å². The molecule has 130 valence electrons. The minimum atomic E-state index is -5.17. The number of benzene rings is 1. The molecule has 23 heavy (non-hydrogen) atoms. The molecule has 0 aliphatic rings. The maximum absolute atomic E-state index is 13.8. The molecule has 1 unspecified atom stereocenters. The van der Waals surface area contributed by atoms with Crippen molar-refractivity contribution in [1.29, 1.82) is 0 Å². The molecule has 0 radical (unpaired) electrons. The molecule has 0 heterocycles. The first-order valence-electron chi connectivity index (χ1n) is 5.02. The number of carbonyl (C=O) groups is 1.